The lowest BCUT2D eigenvalue weighted by Crippen LogP contribution is -2.28. The highest BCUT2D eigenvalue weighted by Crippen LogP contribution is 2.41. The Labute approximate surface area is 131 Å². The Bertz CT molecular complexity index is 664. The van der Waals surface area contributed by atoms with Gasteiger partial charge in [0.1, 0.15) is 0 Å². The van der Waals surface area contributed by atoms with Crippen molar-refractivity contribution in [2.24, 2.45) is 0 Å². The highest BCUT2D eigenvalue weighted by atomic mass is 79.9. The third kappa shape index (κ3) is 2.21. The van der Waals surface area contributed by atoms with E-state index in [9.17, 15) is 4.79 Å². The van der Waals surface area contributed by atoms with E-state index in [0.717, 1.165) is 28.7 Å². The van der Waals surface area contributed by atoms with Crippen LogP contribution >= 0.6 is 27.3 Å². The summed E-state index contributed by atoms with van der Waals surface area (Å²) in [6.07, 6.45) is 0.808. The number of amides is 1. The van der Waals surface area contributed by atoms with Crippen LogP contribution < -0.4 is 4.90 Å². The zero-order chi connectivity index (χ0) is 14.3. The van der Waals surface area contributed by atoms with Gasteiger partial charge < -0.3 is 4.90 Å². The quantitative estimate of drug-likeness (QED) is 0.798. The standard InChI is InChI=1S/C16H16BrNOS/c1-3-18-14-5-4-11(17)8-12(14)13(16(18)19)9-15-10(2)6-7-20-15/h4-8,13H,3,9H2,1-2H3/t13-/m1/s1. The molecular weight excluding hydrogens is 334 g/mol. The molecule has 2 nitrogen and oxygen atoms in total. The number of rotatable bonds is 3. The molecule has 1 aromatic carbocycles. The molecule has 20 heavy (non-hydrogen) atoms. The van der Waals surface area contributed by atoms with Crippen molar-refractivity contribution in [1.82, 2.24) is 0 Å². The largest absolute Gasteiger partial charge is 0.312 e. The number of nitrogens with zero attached hydrogens (tertiary/aromatic N) is 1. The molecule has 0 fully saturated rings. The van der Waals surface area contributed by atoms with Crippen LogP contribution in [0.15, 0.2) is 34.1 Å². The number of carbonyl (C=O) groups is 1. The van der Waals surface area contributed by atoms with Crippen LogP contribution in [-0.4, -0.2) is 12.5 Å². The Hall–Kier alpha value is -1.13. The molecule has 4 heteroatoms. The van der Waals surface area contributed by atoms with Crippen molar-refractivity contribution in [2.45, 2.75) is 26.2 Å². The zero-order valence-electron chi connectivity index (χ0n) is 11.5. The first-order chi connectivity index (χ1) is 9.61. The van der Waals surface area contributed by atoms with Gasteiger partial charge in [0.2, 0.25) is 5.91 Å². The van der Waals surface area contributed by atoms with Crippen LogP contribution in [0.1, 0.15) is 28.8 Å². The summed E-state index contributed by atoms with van der Waals surface area (Å²) in [6.45, 7) is 4.88. The van der Waals surface area contributed by atoms with Gasteiger partial charge in [0.25, 0.3) is 0 Å². The first kappa shape index (κ1) is 13.8. The molecule has 1 aliphatic heterocycles. The number of hydrogen-bond donors (Lipinski definition) is 0. The molecule has 2 aromatic rings. The van der Waals surface area contributed by atoms with Gasteiger partial charge in [-0.2, -0.15) is 0 Å². The summed E-state index contributed by atoms with van der Waals surface area (Å²) in [5.74, 6) is 0.188. The van der Waals surface area contributed by atoms with Crippen LogP contribution in [0.4, 0.5) is 5.69 Å². The molecule has 0 saturated heterocycles. The SMILES string of the molecule is CCN1C(=O)[C@H](Cc2sccc2C)c2cc(Br)ccc21. The van der Waals surface area contributed by atoms with E-state index in [1.165, 1.54) is 10.4 Å². The van der Waals surface area contributed by atoms with Gasteiger partial charge in [-0.15, -0.1) is 11.3 Å². The van der Waals surface area contributed by atoms with Gasteiger partial charge in [-0.1, -0.05) is 15.9 Å². The summed E-state index contributed by atoms with van der Waals surface area (Å²) < 4.78 is 1.04. The molecular formula is C16H16BrNOS. The Morgan fingerprint density at radius 2 is 2.15 bits per heavy atom. The van der Waals surface area contributed by atoms with Gasteiger partial charge in [-0.3, -0.25) is 4.79 Å². The molecule has 0 saturated carbocycles. The van der Waals surface area contributed by atoms with E-state index in [1.54, 1.807) is 11.3 Å². The molecule has 0 spiro atoms. The molecule has 0 aliphatic carbocycles. The number of aryl methyl sites for hydroxylation is 1. The second-order valence-corrected chi connectivity index (χ2v) is 6.99. The summed E-state index contributed by atoms with van der Waals surface area (Å²) in [5, 5.41) is 2.10. The molecule has 0 unspecified atom stereocenters. The van der Waals surface area contributed by atoms with E-state index < -0.39 is 0 Å². The number of carbonyl (C=O) groups excluding carboxylic acids is 1. The zero-order valence-corrected chi connectivity index (χ0v) is 13.9. The van der Waals surface area contributed by atoms with Crippen LogP contribution in [-0.2, 0) is 11.2 Å². The average molecular weight is 350 g/mol. The Morgan fingerprint density at radius 3 is 2.80 bits per heavy atom. The first-order valence-corrected chi connectivity index (χ1v) is 8.43. The van der Waals surface area contributed by atoms with E-state index in [2.05, 4.69) is 40.4 Å². The van der Waals surface area contributed by atoms with Crippen LogP contribution in [0.5, 0.6) is 0 Å². The van der Waals surface area contributed by atoms with Crippen molar-refractivity contribution in [3.63, 3.8) is 0 Å². The van der Waals surface area contributed by atoms with Gasteiger partial charge in [-0.05, 0) is 61.0 Å². The van der Waals surface area contributed by atoms with Crippen LogP contribution in [0, 0.1) is 6.92 Å². The predicted molar refractivity (Wildman–Crippen MR) is 87.7 cm³/mol. The van der Waals surface area contributed by atoms with E-state index in [4.69, 9.17) is 0 Å². The van der Waals surface area contributed by atoms with Gasteiger partial charge in [0.05, 0.1) is 5.92 Å². The maximum atomic E-state index is 12.7. The topological polar surface area (TPSA) is 20.3 Å². The average Bonchev–Trinajstić information content (AvgIpc) is 2.93. The van der Waals surface area contributed by atoms with Crippen molar-refractivity contribution in [2.75, 3.05) is 11.4 Å². The van der Waals surface area contributed by atoms with E-state index in [-0.39, 0.29) is 11.8 Å². The maximum Gasteiger partial charge on any atom is 0.234 e. The molecule has 1 atom stereocenters. The number of thiophene rings is 1. The molecule has 0 bridgehead atoms. The van der Waals surface area contributed by atoms with Crippen LogP contribution in [0.2, 0.25) is 0 Å². The fourth-order valence-electron chi connectivity index (χ4n) is 2.81. The molecule has 2 heterocycles. The van der Waals surface area contributed by atoms with Gasteiger partial charge in [-0.25, -0.2) is 0 Å². The summed E-state index contributed by atoms with van der Waals surface area (Å²) in [7, 11) is 0. The van der Waals surface area contributed by atoms with Crippen molar-refractivity contribution < 1.29 is 4.79 Å². The number of halogens is 1. The Morgan fingerprint density at radius 1 is 1.35 bits per heavy atom. The third-order valence-corrected chi connectivity index (χ3v) is 5.43. The van der Waals surface area contributed by atoms with Gasteiger partial charge in [0, 0.05) is 21.6 Å². The monoisotopic (exact) mass is 349 g/mol. The molecule has 1 amide bonds. The lowest BCUT2D eigenvalue weighted by Gasteiger charge is -2.15. The molecule has 0 radical (unpaired) electrons. The Kier molecular flexibility index (Phi) is 3.69. The van der Waals surface area contributed by atoms with Crippen molar-refractivity contribution in [3.05, 3.63) is 50.1 Å². The number of benzene rings is 1. The van der Waals surface area contributed by atoms with E-state index in [0.29, 0.717) is 0 Å². The molecule has 3 rings (SSSR count). The summed E-state index contributed by atoms with van der Waals surface area (Å²) >= 11 is 5.26. The molecule has 1 aliphatic rings. The third-order valence-electron chi connectivity index (χ3n) is 3.89. The smallest absolute Gasteiger partial charge is 0.234 e. The lowest BCUT2D eigenvalue weighted by molar-refractivity contribution is -0.119. The first-order valence-electron chi connectivity index (χ1n) is 6.75. The fraction of sp³-hybridized carbons (Fsp3) is 0.312. The molecule has 1 aromatic heterocycles. The predicted octanol–water partition coefficient (Wildman–Crippen LogP) is 4.51. The van der Waals surface area contributed by atoms with Gasteiger partial charge in [0.15, 0.2) is 0 Å². The normalized spacial score (nSPS) is 17.6. The van der Waals surface area contributed by atoms with Gasteiger partial charge >= 0.3 is 0 Å². The van der Waals surface area contributed by atoms with Crippen LogP contribution in [0.3, 0.4) is 0 Å². The Balaban J connectivity index is 2.02. The van der Waals surface area contributed by atoms with Crippen molar-refractivity contribution in [1.29, 1.82) is 0 Å². The summed E-state index contributed by atoms with van der Waals surface area (Å²) in [4.78, 5) is 15.9. The van der Waals surface area contributed by atoms with Crippen molar-refractivity contribution >= 4 is 38.9 Å². The number of hydrogen-bond acceptors (Lipinski definition) is 2. The van der Waals surface area contributed by atoms with Crippen molar-refractivity contribution in [3.8, 4) is 0 Å². The highest BCUT2D eigenvalue weighted by molar-refractivity contribution is 9.10. The number of fused-ring (bicyclic) bond motifs is 1. The number of anilines is 1. The second kappa shape index (κ2) is 5.34. The van der Waals surface area contributed by atoms with E-state index >= 15 is 0 Å². The minimum Gasteiger partial charge on any atom is -0.312 e. The highest BCUT2D eigenvalue weighted by Gasteiger charge is 2.36. The minimum atomic E-state index is -0.0419. The number of likely N-dealkylation sites (N-methyl/N-ethyl adjacent to an activating group) is 1. The maximum absolute atomic E-state index is 12.7. The van der Waals surface area contributed by atoms with E-state index in [1.807, 2.05) is 24.0 Å². The summed E-state index contributed by atoms with van der Waals surface area (Å²) in [5.41, 5.74) is 3.51. The molecule has 0 N–H and O–H groups in total. The lowest BCUT2D eigenvalue weighted by atomic mass is 9.95. The minimum absolute atomic E-state index is 0.0419. The summed E-state index contributed by atoms with van der Waals surface area (Å²) in [6, 6.07) is 8.27. The van der Waals surface area contributed by atoms with Crippen LogP contribution in [0.25, 0.3) is 0 Å². The fourth-order valence-corrected chi connectivity index (χ4v) is 4.14. The molecule has 104 valence electrons. The second-order valence-electron chi connectivity index (χ2n) is 5.07.